The number of aryl methyl sites for hydroxylation is 1. The highest BCUT2D eigenvalue weighted by Gasteiger charge is 2.52. The Labute approximate surface area is 162 Å². The molecule has 2 N–H and O–H groups in total. The largest absolute Gasteiger partial charge is 0.504 e. The molecule has 2 aliphatic carbocycles. The zero-order valence-electron chi connectivity index (χ0n) is 16.8. The van der Waals surface area contributed by atoms with Gasteiger partial charge in [-0.2, -0.15) is 0 Å². The number of hydrogen-bond acceptors (Lipinski definition) is 4. The lowest BCUT2D eigenvalue weighted by molar-refractivity contribution is 0.00993. The molecule has 27 heavy (non-hydrogen) atoms. The molecule has 4 unspecified atom stereocenters. The number of likely N-dealkylation sites (tertiary alicyclic amines) is 1. The van der Waals surface area contributed by atoms with Gasteiger partial charge in [0.25, 0.3) is 0 Å². The van der Waals surface area contributed by atoms with Crippen LogP contribution >= 0.6 is 0 Å². The molecule has 4 rings (SSSR count). The van der Waals surface area contributed by atoms with E-state index in [9.17, 15) is 10.2 Å². The number of ether oxygens (including phenoxy) is 1. The number of nitrogens with zero attached hydrogens (tertiary/aromatic N) is 1. The minimum Gasteiger partial charge on any atom is -0.504 e. The van der Waals surface area contributed by atoms with Crippen LogP contribution in [0.5, 0.6) is 11.5 Å². The second kappa shape index (κ2) is 7.14. The summed E-state index contributed by atoms with van der Waals surface area (Å²) in [5, 5.41) is 21.2. The van der Waals surface area contributed by atoms with Crippen LogP contribution in [0.3, 0.4) is 0 Å². The van der Waals surface area contributed by atoms with Crippen molar-refractivity contribution in [3.05, 3.63) is 35.4 Å². The molecule has 3 aliphatic rings. The fourth-order valence-corrected chi connectivity index (χ4v) is 5.57. The molecule has 1 heterocycles. The molecule has 0 bridgehead atoms. The molecule has 4 heteroatoms. The van der Waals surface area contributed by atoms with Gasteiger partial charge >= 0.3 is 0 Å². The Morgan fingerprint density at radius 1 is 1.22 bits per heavy atom. The summed E-state index contributed by atoms with van der Waals surface area (Å²) in [7, 11) is 1.76. The van der Waals surface area contributed by atoms with E-state index >= 15 is 0 Å². The maximum absolute atomic E-state index is 10.9. The molecule has 0 radical (unpaired) electrons. The summed E-state index contributed by atoms with van der Waals surface area (Å²) < 4.78 is 5.72. The number of phenols is 2. The Morgan fingerprint density at radius 2 is 2.00 bits per heavy atom. The molecule has 4 nitrogen and oxygen atoms in total. The van der Waals surface area contributed by atoms with Gasteiger partial charge in [0, 0.05) is 36.6 Å². The van der Waals surface area contributed by atoms with Gasteiger partial charge in [-0.05, 0) is 63.1 Å². The van der Waals surface area contributed by atoms with Gasteiger partial charge in [0.2, 0.25) is 0 Å². The molecule has 4 atom stereocenters. The maximum Gasteiger partial charge on any atom is 0.161 e. The van der Waals surface area contributed by atoms with Gasteiger partial charge < -0.3 is 14.9 Å². The number of hydrogen-bond donors (Lipinski definition) is 2. The van der Waals surface area contributed by atoms with E-state index in [1.165, 1.54) is 19.4 Å². The van der Waals surface area contributed by atoms with Gasteiger partial charge in [-0.1, -0.05) is 25.1 Å². The molecule has 148 valence electrons. The van der Waals surface area contributed by atoms with E-state index in [4.69, 9.17) is 4.74 Å². The monoisotopic (exact) mass is 371 g/mol. The van der Waals surface area contributed by atoms with E-state index < -0.39 is 0 Å². The zero-order valence-corrected chi connectivity index (χ0v) is 16.8. The Morgan fingerprint density at radius 3 is 2.67 bits per heavy atom. The molecule has 1 aliphatic heterocycles. The Bertz CT molecular complexity index is 727. The normalized spacial score (nSPS) is 33.8. The summed E-state index contributed by atoms with van der Waals surface area (Å²) in [4.78, 5) is 2.64. The second-order valence-corrected chi connectivity index (χ2v) is 8.79. The van der Waals surface area contributed by atoms with Crippen molar-refractivity contribution in [1.82, 2.24) is 4.90 Å². The summed E-state index contributed by atoms with van der Waals surface area (Å²) in [5.74, 6) is 1.26. The van der Waals surface area contributed by atoms with Crippen molar-refractivity contribution in [2.75, 3.05) is 20.2 Å². The van der Waals surface area contributed by atoms with Crippen LogP contribution in [0.2, 0.25) is 0 Å². The predicted octanol–water partition coefficient (Wildman–Crippen LogP) is 3.99. The molecule has 2 fully saturated rings. The minimum atomic E-state index is -0.191. The highest BCUT2D eigenvalue weighted by molar-refractivity contribution is 5.54. The molecule has 1 aromatic rings. The van der Waals surface area contributed by atoms with Gasteiger partial charge in [-0.25, -0.2) is 0 Å². The second-order valence-electron chi connectivity index (χ2n) is 8.79. The van der Waals surface area contributed by atoms with Gasteiger partial charge in [0.1, 0.15) is 0 Å². The van der Waals surface area contributed by atoms with Gasteiger partial charge in [0.05, 0.1) is 6.10 Å². The summed E-state index contributed by atoms with van der Waals surface area (Å²) in [6.45, 7) is 6.70. The third-order valence-corrected chi connectivity index (χ3v) is 7.29. The summed E-state index contributed by atoms with van der Waals surface area (Å²) >= 11 is 0. The van der Waals surface area contributed by atoms with E-state index in [0.717, 1.165) is 42.9 Å². The first-order chi connectivity index (χ1) is 13.0. The predicted molar refractivity (Wildman–Crippen MR) is 107 cm³/mol. The number of piperidine rings is 1. The average molecular weight is 372 g/mol. The lowest BCUT2D eigenvalue weighted by Crippen LogP contribution is -2.57. The lowest BCUT2D eigenvalue weighted by atomic mass is 9.57. The Balaban J connectivity index is 1.80. The number of rotatable bonds is 5. The average Bonchev–Trinajstić information content (AvgIpc) is 3.49. The van der Waals surface area contributed by atoms with Crippen molar-refractivity contribution in [2.24, 2.45) is 11.8 Å². The first kappa shape index (κ1) is 18.8. The number of methoxy groups -OCH3 is 1. The van der Waals surface area contributed by atoms with E-state index in [2.05, 4.69) is 30.9 Å². The van der Waals surface area contributed by atoms with Crippen LogP contribution in [-0.4, -0.2) is 47.5 Å². The van der Waals surface area contributed by atoms with Gasteiger partial charge in [0.15, 0.2) is 11.5 Å². The number of benzene rings is 1. The third kappa shape index (κ3) is 3.17. The number of phenolic OH excluding ortho intramolecular Hbond substituents is 2. The molecule has 0 spiro atoms. The van der Waals surface area contributed by atoms with Crippen molar-refractivity contribution in [2.45, 2.75) is 63.5 Å². The van der Waals surface area contributed by atoms with Crippen molar-refractivity contribution in [3.63, 3.8) is 0 Å². The fraction of sp³-hybridized carbons (Fsp3) is 0.652. The molecule has 1 saturated carbocycles. The van der Waals surface area contributed by atoms with Crippen LogP contribution in [0, 0.1) is 11.8 Å². The fourth-order valence-electron chi connectivity index (χ4n) is 5.57. The maximum atomic E-state index is 10.9. The minimum absolute atomic E-state index is 0.00749. The summed E-state index contributed by atoms with van der Waals surface area (Å²) in [5.41, 5.74) is 1.91. The van der Waals surface area contributed by atoms with Crippen LogP contribution in [0.15, 0.2) is 24.3 Å². The Kier molecular flexibility index (Phi) is 4.98. The highest BCUT2D eigenvalue weighted by atomic mass is 16.5. The van der Waals surface area contributed by atoms with Crippen molar-refractivity contribution in [1.29, 1.82) is 0 Å². The molecular formula is C23H33NO3. The van der Waals surface area contributed by atoms with E-state index in [1.54, 1.807) is 13.2 Å². The topological polar surface area (TPSA) is 52.9 Å². The van der Waals surface area contributed by atoms with Crippen LogP contribution in [0.4, 0.5) is 0 Å². The van der Waals surface area contributed by atoms with Crippen LogP contribution in [0.1, 0.15) is 50.7 Å². The lowest BCUT2D eigenvalue weighted by Gasteiger charge is -2.54. The first-order valence-electron chi connectivity index (χ1n) is 10.5. The van der Waals surface area contributed by atoms with E-state index in [1.807, 2.05) is 6.07 Å². The SMILES string of the molecule is CCc1ccc(O)c(O)c1C12CCN(CC3CC3)C(C)C1C=CC(OC)C2. The zero-order chi connectivity index (χ0) is 19.2. The van der Waals surface area contributed by atoms with E-state index in [-0.39, 0.29) is 23.0 Å². The van der Waals surface area contributed by atoms with Crippen molar-refractivity contribution < 1.29 is 14.9 Å². The van der Waals surface area contributed by atoms with Crippen LogP contribution in [-0.2, 0) is 16.6 Å². The smallest absolute Gasteiger partial charge is 0.161 e. The number of fused-ring (bicyclic) bond motifs is 1. The Hall–Kier alpha value is -1.52. The summed E-state index contributed by atoms with van der Waals surface area (Å²) in [6.07, 6.45) is 10.0. The molecule has 1 saturated heterocycles. The van der Waals surface area contributed by atoms with Crippen LogP contribution < -0.4 is 0 Å². The van der Waals surface area contributed by atoms with Gasteiger partial charge in [-0.3, -0.25) is 4.90 Å². The van der Waals surface area contributed by atoms with E-state index in [0.29, 0.717) is 12.0 Å². The van der Waals surface area contributed by atoms with Crippen molar-refractivity contribution >= 4 is 0 Å². The van der Waals surface area contributed by atoms with Gasteiger partial charge in [-0.15, -0.1) is 0 Å². The molecule has 1 aromatic carbocycles. The van der Waals surface area contributed by atoms with Crippen molar-refractivity contribution in [3.8, 4) is 11.5 Å². The third-order valence-electron chi connectivity index (χ3n) is 7.29. The number of aromatic hydroxyl groups is 2. The quantitative estimate of drug-likeness (QED) is 0.607. The standard InChI is InChI=1S/C23H33NO3/c1-4-17-7-10-20(25)22(26)21(17)23-11-12-24(14-16-5-6-16)15(2)19(23)9-8-18(13-23)27-3/h7-10,15-16,18-19,25-26H,4-6,11-14H2,1-3H3. The molecular weight excluding hydrogens is 338 g/mol. The molecule has 0 amide bonds. The molecule has 0 aromatic heterocycles. The van der Waals surface area contributed by atoms with Crippen LogP contribution in [0.25, 0.3) is 0 Å². The first-order valence-corrected chi connectivity index (χ1v) is 10.5. The highest BCUT2D eigenvalue weighted by Crippen LogP contribution is 2.54. The summed E-state index contributed by atoms with van der Waals surface area (Å²) in [6, 6.07) is 4.03.